The average Bonchev–Trinajstić information content (AvgIpc) is 2.49. The predicted molar refractivity (Wildman–Crippen MR) is 85.7 cm³/mol. The molecule has 0 radical (unpaired) electrons. The van der Waals surface area contributed by atoms with E-state index < -0.39 is 6.10 Å². The Balaban J connectivity index is 2.05. The van der Waals surface area contributed by atoms with E-state index in [1.165, 1.54) is 5.56 Å². The lowest BCUT2D eigenvalue weighted by molar-refractivity contribution is 0.169. The van der Waals surface area contributed by atoms with Crippen molar-refractivity contribution in [2.24, 2.45) is 0 Å². The summed E-state index contributed by atoms with van der Waals surface area (Å²) in [5, 5.41) is 9.74. The number of pyridine rings is 1. The van der Waals surface area contributed by atoms with E-state index in [9.17, 15) is 5.11 Å². The molecule has 1 heterocycles. The minimum atomic E-state index is -0.471. The molecule has 2 rings (SSSR count). The van der Waals surface area contributed by atoms with Crippen LogP contribution in [-0.2, 0) is 6.54 Å². The summed E-state index contributed by atoms with van der Waals surface area (Å²) in [5.74, 6) is 0. The molecule has 0 amide bonds. The molecule has 106 valence electrons. The van der Waals surface area contributed by atoms with Crippen LogP contribution in [-0.4, -0.2) is 17.1 Å². The molecule has 0 bridgehead atoms. The second-order valence-electron chi connectivity index (χ2n) is 4.85. The van der Waals surface area contributed by atoms with Gasteiger partial charge in [0.25, 0.3) is 0 Å². The largest absolute Gasteiger partial charge is 0.387 e. The molecule has 20 heavy (non-hydrogen) atoms. The van der Waals surface area contributed by atoms with Crippen molar-refractivity contribution in [2.45, 2.75) is 26.0 Å². The molecule has 0 aliphatic heterocycles. The van der Waals surface area contributed by atoms with Gasteiger partial charge in [-0.2, -0.15) is 0 Å². The van der Waals surface area contributed by atoms with Gasteiger partial charge in [0.2, 0.25) is 0 Å². The molecule has 0 saturated carbocycles. The van der Waals surface area contributed by atoms with Gasteiger partial charge in [-0.3, -0.25) is 4.98 Å². The maximum absolute atomic E-state index is 9.74. The molecule has 1 N–H and O–H groups in total. The molecule has 0 unspecified atom stereocenters. The SMILES string of the molecule is CC[C@H](O)c1ccc(N(C)Cc2ccc(Br)cc2)cn1. The van der Waals surface area contributed by atoms with E-state index >= 15 is 0 Å². The summed E-state index contributed by atoms with van der Waals surface area (Å²) in [6.07, 6.45) is 2.02. The van der Waals surface area contributed by atoms with E-state index in [0.717, 1.165) is 22.4 Å². The van der Waals surface area contributed by atoms with E-state index in [1.54, 1.807) is 0 Å². The fraction of sp³-hybridized carbons (Fsp3) is 0.312. The Morgan fingerprint density at radius 2 is 1.90 bits per heavy atom. The first-order valence-corrected chi connectivity index (χ1v) is 7.49. The minimum absolute atomic E-state index is 0.471. The molecule has 0 fully saturated rings. The summed E-state index contributed by atoms with van der Waals surface area (Å²) in [4.78, 5) is 6.46. The molecule has 0 aliphatic carbocycles. The van der Waals surface area contributed by atoms with Crippen LogP contribution >= 0.6 is 15.9 Å². The molecule has 0 spiro atoms. The Bertz CT molecular complexity index is 539. The van der Waals surface area contributed by atoms with Gasteiger partial charge in [0.15, 0.2) is 0 Å². The maximum atomic E-state index is 9.74. The quantitative estimate of drug-likeness (QED) is 0.900. The second-order valence-corrected chi connectivity index (χ2v) is 5.76. The van der Waals surface area contributed by atoms with Gasteiger partial charge in [0, 0.05) is 18.1 Å². The summed E-state index contributed by atoms with van der Waals surface area (Å²) in [7, 11) is 2.04. The highest BCUT2D eigenvalue weighted by atomic mass is 79.9. The molecular formula is C16H19BrN2O. The van der Waals surface area contributed by atoms with Gasteiger partial charge in [-0.25, -0.2) is 0 Å². The average molecular weight is 335 g/mol. The molecule has 1 aromatic heterocycles. The van der Waals surface area contributed by atoms with Crippen LogP contribution < -0.4 is 4.90 Å². The lowest BCUT2D eigenvalue weighted by Crippen LogP contribution is -2.16. The first kappa shape index (κ1) is 15.0. The first-order chi connectivity index (χ1) is 9.60. The fourth-order valence-corrected chi connectivity index (χ4v) is 2.25. The van der Waals surface area contributed by atoms with Crippen LogP contribution in [0.25, 0.3) is 0 Å². The van der Waals surface area contributed by atoms with Gasteiger partial charge < -0.3 is 10.0 Å². The van der Waals surface area contributed by atoms with Crippen LogP contribution in [0.15, 0.2) is 47.1 Å². The number of aliphatic hydroxyl groups excluding tert-OH is 1. The van der Waals surface area contributed by atoms with Crippen molar-refractivity contribution in [3.05, 3.63) is 58.3 Å². The van der Waals surface area contributed by atoms with Gasteiger partial charge in [-0.05, 0) is 36.2 Å². The van der Waals surface area contributed by atoms with Crippen molar-refractivity contribution in [1.29, 1.82) is 0 Å². The Labute approximate surface area is 128 Å². The monoisotopic (exact) mass is 334 g/mol. The standard InChI is InChI=1S/C16H19BrN2O/c1-3-16(20)15-9-8-14(10-18-15)19(2)11-12-4-6-13(17)7-5-12/h4-10,16,20H,3,11H2,1-2H3/t16-/m0/s1. The van der Waals surface area contributed by atoms with Crippen LogP contribution in [0.1, 0.15) is 30.7 Å². The number of rotatable bonds is 5. The fourth-order valence-electron chi connectivity index (χ4n) is 1.98. The van der Waals surface area contributed by atoms with Crippen LogP contribution in [0.2, 0.25) is 0 Å². The van der Waals surface area contributed by atoms with Crippen molar-refractivity contribution in [2.75, 3.05) is 11.9 Å². The predicted octanol–water partition coefficient (Wildman–Crippen LogP) is 3.92. The zero-order valence-electron chi connectivity index (χ0n) is 11.8. The van der Waals surface area contributed by atoms with Gasteiger partial charge in [-0.15, -0.1) is 0 Å². The Morgan fingerprint density at radius 3 is 2.45 bits per heavy atom. The zero-order chi connectivity index (χ0) is 14.5. The summed E-state index contributed by atoms with van der Waals surface area (Å²) in [5.41, 5.74) is 3.02. The number of hydrogen-bond donors (Lipinski definition) is 1. The molecule has 1 atom stereocenters. The highest BCUT2D eigenvalue weighted by Gasteiger charge is 2.07. The first-order valence-electron chi connectivity index (χ1n) is 6.69. The normalized spacial score (nSPS) is 12.2. The highest BCUT2D eigenvalue weighted by molar-refractivity contribution is 9.10. The van der Waals surface area contributed by atoms with E-state index in [0.29, 0.717) is 6.42 Å². The number of aromatic nitrogens is 1. The number of nitrogens with zero attached hydrogens (tertiary/aromatic N) is 2. The van der Waals surface area contributed by atoms with Gasteiger partial charge in [-0.1, -0.05) is 35.0 Å². The number of aliphatic hydroxyl groups is 1. The van der Waals surface area contributed by atoms with E-state index in [-0.39, 0.29) is 0 Å². The van der Waals surface area contributed by atoms with Crippen LogP contribution in [0, 0.1) is 0 Å². The highest BCUT2D eigenvalue weighted by Crippen LogP contribution is 2.19. The maximum Gasteiger partial charge on any atom is 0.0957 e. The lowest BCUT2D eigenvalue weighted by Gasteiger charge is -2.19. The third-order valence-electron chi connectivity index (χ3n) is 3.27. The number of hydrogen-bond acceptors (Lipinski definition) is 3. The molecular weight excluding hydrogens is 316 g/mol. The van der Waals surface area contributed by atoms with Gasteiger partial charge in [0.1, 0.15) is 0 Å². The van der Waals surface area contributed by atoms with Crippen molar-refractivity contribution in [3.63, 3.8) is 0 Å². The van der Waals surface area contributed by atoms with Crippen molar-refractivity contribution in [1.82, 2.24) is 4.98 Å². The molecule has 4 heteroatoms. The van der Waals surface area contributed by atoms with E-state index in [4.69, 9.17) is 0 Å². The van der Waals surface area contributed by atoms with Crippen LogP contribution in [0.5, 0.6) is 0 Å². The topological polar surface area (TPSA) is 36.4 Å². The number of anilines is 1. The molecule has 1 aromatic carbocycles. The van der Waals surface area contributed by atoms with Crippen LogP contribution in [0.3, 0.4) is 0 Å². The second kappa shape index (κ2) is 6.86. The molecule has 2 aromatic rings. The summed E-state index contributed by atoms with van der Waals surface area (Å²) >= 11 is 3.44. The lowest BCUT2D eigenvalue weighted by atomic mass is 10.1. The summed E-state index contributed by atoms with van der Waals surface area (Å²) < 4.78 is 1.09. The molecule has 3 nitrogen and oxygen atoms in total. The smallest absolute Gasteiger partial charge is 0.0957 e. The minimum Gasteiger partial charge on any atom is -0.387 e. The Hall–Kier alpha value is -1.39. The van der Waals surface area contributed by atoms with Crippen molar-refractivity contribution in [3.8, 4) is 0 Å². The Kier molecular flexibility index (Phi) is 5.15. The third kappa shape index (κ3) is 3.81. The molecule has 0 aliphatic rings. The zero-order valence-corrected chi connectivity index (χ0v) is 13.3. The Morgan fingerprint density at radius 1 is 1.20 bits per heavy atom. The number of benzene rings is 1. The van der Waals surface area contributed by atoms with Crippen molar-refractivity contribution < 1.29 is 5.11 Å². The van der Waals surface area contributed by atoms with Crippen LogP contribution in [0.4, 0.5) is 5.69 Å². The third-order valence-corrected chi connectivity index (χ3v) is 3.80. The molecule has 0 saturated heterocycles. The van der Waals surface area contributed by atoms with Gasteiger partial charge in [0.05, 0.1) is 23.7 Å². The summed E-state index contributed by atoms with van der Waals surface area (Å²) in [6, 6.07) is 12.2. The van der Waals surface area contributed by atoms with Gasteiger partial charge >= 0.3 is 0 Å². The summed E-state index contributed by atoms with van der Waals surface area (Å²) in [6.45, 7) is 2.77. The van der Waals surface area contributed by atoms with E-state index in [2.05, 4.69) is 37.9 Å². The van der Waals surface area contributed by atoms with E-state index in [1.807, 2.05) is 44.4 Å². The number of halogens is 1. The van der Waals surface area contributed by atoms with Crippen molar-refractivity contribution >= 4 is 21.6 Å².